The van der Waals surface area contributed by atoms with Crippen LogP contribution in [0.5, 0.6) is 0 Å². The fraction of sp³-hybridized carbons (Fsp3) is 0.833. The second-order valence-electron chi connectivity index (χ2n) is 5.41. The zero-order chi connectivity index (χ0) is 11.1. The Morgan fingerprint density at radius 2 is 2.31 bits per heavy atom. The van der Waals surface area contributed by atoms with E-state index in [1.807, 2.05) is 6.92 Å². The van der Waals surface area contributed by atoms with Gasteiger partial charge in [-0.25, -0.2) is 0 Å². The van der Waals surface area contributed by atoms with Crippen LogP contribution in [0.25, 0.3) is 0 Å². The van der Waals surface area contributed by atoms with Gasteiger partial charge in [0.1, 0.15) is 0 Å². The zero-order valence-corrected chi connectivity index (χ0v) is 9.72. The lowest BCUT2D eigenvalue weighted by Gasteiger charge is -2.17. The zero-order valence-electron chi connectivity index (χ0n) is 9.72. The molecule has 0 aromatic carbocycles. The molecule has 2 aliphatic rings. The van der Waals surface area contributed by atoms with Crippen LogP contribution < -0.4 is 5.73 Å². The van der Waals surface area contributed by atoms with E-state index in [1.54, 1.807) is 0 Å². The van der Waals surface area contributed by atoms with E-state index in [4.69, 9.17) is 10.3 Å². The Balaban J connectivity index is 1.77. The SMILES string of the molecule is CC(CN)c1nc(C2CC3CCC2C3)no1. The molecule has 0 saturated heterocycles. The summed E-state index contributed by atoms with van der Waals surface area (Å²) in [5.41, 5.74) is 5.60. The average molecular weight is 221 g/mol. The summed E-state index contributed by atoms with van der Waals surface area (Å²) in [5.74, 6) is 4.11. The Labute approximate surface area is 95.6 Å². The van der Waals surface area contributed by atoms with Gasteiger partial charge in [0.25, 0.3) is 0 Å². The van der Waals surface area contributed by atoms with Crippen molar-refractivity contribution in [2.75, 3.05) is 6.54 Å². The van der Waals surface area contributed by atoms with Crippen molar-refractivity contribution >= 4 is 0 Å². The highest BCUT2D eigenvalue weighted by atomic mass is 16.5. The van der Waals surface area contributed by atoms with E-state index in [1.165, 1.54) is 25.7 Å². The van der Waals surface area contributed by atoms with E-state index in [9.17, 15) is 0 Å². The van der Waals surface area contributed by atoms with Crippen LogP contribution in [0.15, 0.2) is 4.52 Å². The molecule has 88 valence electrons. The first-order valence-electron chi connectivity index (χ1n) is 6.31. The molecule has 2 N–H and O–H groups in total. The molecular formula is C12H19N3O. The van der Waals surface area contributed by atoms with Crippen molar-refractivity contribution < 1.29 is 4.52 Å². The van der Waals surface area contributed by atoms with Gasteiger partial charge in [-0.1, -0.05) is 18.5 Å². The number of nitrogens with two attached hydrogens (primary N) is 1. The fourth-order valence-corrected chi connectivity index (χ4v) is 3.26. The molecule has 2 fully saturated rings. The van der Waals surface area contributed by atoms with Gasteiger partial charge in [-0.15, -0.1) is 0 Å². The molecule has 4 atom stereocenters. The Bertz CT molecular complexity index is 376. The molecule has 16 heavy (non-hydrogen) atoms. The van der Waals surface area contributed by atoms with Crippen LogP contribution in [-0.4, -0.2) is 16.7 Å². The number of aromatic nitrogens is 2. The molecule has 0 aliphatic heterocycles. The second kappa shape index (κ2) is 3.84. The maximum Gasteiger partial charge on any atom is 0.230 e. The van der Waals surface area contributed by atoms with Crippen LogP contribution >= 0.6 is 0 Å². The molecule has 0 radical (unpaired) electrons. The van der Waals surface area contributed by atoms with Crippen LogP contribution in [0.3, 0.4) is 0 Å². The van der Waals surface area contributed by atoms with E-state index in [0.29, 0.717) is 18.4 Å². The lowest BCUT2D eigenvalue weighted by Crippen LogP contribution is -2.11. The van der Waals surface area contributed by atoms with Crippen molar-refractivity contribution in [3.63, 3.8) is 0 Å². The average Bonchev–Trinajstić information content (AvgIpc) is 3.02. The second-order valence-corrected chi connectivity index (χ2v) is 5.41. The van der Waals surface area contributed by atoms with Crippen LogP contribution in [0, 0.1) is 11.8 Å². The Kier molecular flexibility index (Phi) is 2.46. The molecule has 1 aromatic rings. The summed E-state index contributed by atoms with van der Waals surface area (Å²) in [6, 6.07) is 0. The van der Waals surface area contributed by atoms with Gasteiger partial charge in [-0.3, -0.25) is 0 Å². The minimum atomic E-state index is 0.180. The molecule has 1 aromatic heterocycles. The standard InChI is InChI=1S/C12H19N3O/c1-7(6-13)12-14-11(15-16-12)10-5-8-2-3-9(10)4-8/h7-10H,2-6,13H2,1H3. The molecule has 4 unspecified atom stereocenters. The first kappa shape index (κ1) is 10.3. The van der Waals surface area contributed by atoms with Crippen LogP contribution in [0.2, 0.25) is 0 Å². The van der Waals surface area contributed by atoms with Gasteiger partial charge in [0.2, 0.25) is 5.89 Å². The maximum atomic E-state index is 5.60. The summed E-state index contributed by atoms with van der Waals surface area (Å²) in [5, 5.41) is 4.14. The van der Waals surface area contributed by atoms with Gasteiger partial charge >= 0.3 is 0 Å². The Morgan fingerprint density at radius 1 is 1.44 bits per heavy atom. The summed E-state index contributed by atoms with van der Waals surface area (Å²) in [6.45, 7) is 2.59. The summed E-state index contributed by atoms with van der Waals surface area (Å²) in [7, 11) is 0. The monoisotopic (exact) mass is 221 g/mol. The molecule has 1 heterocycles. The van der Waals surface area contributed by atoms with Crippen LogP contribution in [-0.2, 0) is 0 Å². The largest absolute Gasteiger partial charge is 0.339 e. The molecule has 2 saturated carbocycles. The van der Waals surface area contributed by atoms with Gasteiger partial charge in [0.05, 0.1) is 0 Å². The number of hydrogen-bond donors (Lipinski definition) is 1. The van der Waals surface area contributed by atoms with Crippen molar-refractivity contribution in [3.8, 4) is 0 Å². The first-order valence-corrected chi connectivity index (χ1v) is 6.31. The van der Waals surface area contributed by atoms with Crippen molar-refractivity contribution in [2.24, 2.45) is 17.6 Å². The normalized spacial score (nSPS) is 34.5. The summed E-state index contributed by atoms with van der Waals surface area (Å²) in [4.78, 5) is 4.52. The van der Waals surface area contributed by atoms with Crippen LogP contribution in [0.4, 0.5) is 0 Å². The van der Waals surface area contributed by atoms with Crippen molar-refractivity contribution in [2.45, 2.75) is 44.4 Å². The van der Waals surface area contributed by atoms with E-state index in [2.05, 4.69) is 10.1 Å². The predicted octanol–water partition coefficient (Wildman–Crippen LogP) is 2.04. The van der Waals surface area contributed by atoms with E-state index >= 15 is 0 Å². The Morgan fingerprint density at radius 3 is 2.94 bits per heavy atom. The lowest BCUT2D eigenvalue weighted by atomic mass is 9.88. The third kappa shape index (κ3) is 1.56. The van der Waals surface area contributed by atoms with Gasteiger partial charge in [0, 0.05) is 18.4 Å². The third-order valence-electron chi connectivity index (χ3n) is 4.30. The highest BCUT2D eigenvalue weighted by molar-refractivity contribution is 5.07. The van der Waals surface area contributed by atoms with Crippen LogP contribution in [0.1, 0.15) is 56.2 Å². The van der Waals surface area contributed by atoms with Crippen molar-refractivity contribution in [3.05, 3.63) is 11.7 Å². The van der Waals surface area contributed by atoms with E-state index in [-0.39, 0.29) is 5.92 Å². The maximum absolute atomic E-state index is 5.60. The number of hydrogen-bond acceptors (Lipinski definition) is 4. The molecule has 2 bridgehead atoms. The molecular weight excluding hydrogens is 202 g/mol. The molecule has 3 rings (SSSR count). The van der Waals surface area contributed by atoms with Crippen molar-refractivity contribution in [1.82, 2.24) is 10.1 Å². The molecule has 0 spiro atoms. The Hall–Kier alpha value is -0.900. The predicted molar refractivity (Wildman–Crippen MR) is 60.0 cm³/mol. The number of nitrogens with zero attached hydrogens (tertiary/aromatic N) is 2. The highest BCUT2D eigenvalue weighted by Gasteiger charge is 2.42. The summed E-state index contributed by atoms with van der Waals surface area (Å²) < 4.78 is 5.30. The molecule has 0 amide bonds. The summed E-state index contributed by atoms with van der Waals surface area (Å²) in [6.07, 6.45) is 5.40. The number of rotatable bonds is 3. The first-order chi connectivity index (χ1) is 7.78. The van der Waals surface area contributed by atoms with E-state index < -0.39 is 0 Å². The van der Waals surface area contributed by atoms with Gasteiger partial charge in [-0.2, -0.15) is 4.98 Å². The van der Waals surface area contributed by atoms with Gasteiger partial charge < -0.3 is 10.3 Å². The highest BCUT2D eigenvalue weighted by Crippen LogP contribution is 2.52. The number of fused-ring (bicyclic) bond motifs is 2. The molecule has 2 aliphatic carbocycles. The minimum Gasteiger partial charge on any atom is -0.339 e. The fourth-order valence-electron chi connectivity index (χ4n) is 3.26. The third-order valence-corrected chi connectivity index (χ3v) is 4.30. The van der Waals surface area contributed by atoms with Crippen molar-refractivity contribution in [1.29, 1.82) is 0 Å². The van der Waals surface area contributed by atoms with Gasteiger partial charge in [0.15, 0.2) is 5.82 Å². The van der Waals surface area contributed by atoms with E-state index in [0.717, 1.165) is 17.7 Å². The van der Waals surface area contributed by atoms with Gasteiger partial charge in [-0.05, 0) is 31.1 Å². The molecule has 4 nitrogen and oxygen atoms in total. The molecule has 4 heteroatoms. The summed E-state index contributed by atoms with van der Waals surface area (Å²) >= 11 is 0. The quantitative estimate of drug-likeness (QED) is 0.848. The smallest absolute Gasteiger partial charge is 0.230 e. The minimum absolute atomic E-state index is 0.180. The lowest BCUT2D eigenvalue weighted by molar-refractivity contribution is 0.341. The topological polar surface area (TPSA) is 64.9 Å².